The van der Waals surface area contributed by atoms with Crippen LogP contribution in [0.3, 0.4) is 0 Å². The average molecular weight is 463 g/mol. The van der Waals surface area contributed by atoms with Crippen LogP contribution in [0.4, 0.5) is 5.69 Å². The average Bonchev–Trinajstić information content (AvgIpc) is 3.67. The van der Waals surface area contributed by atoms with Crippen LogP contribution < -0.4 is 14.8 Å². The number of methoxy groups -OCH3 is 2. The highest BCUT2D eigenvalue weighted by atomic mass is 16.5. The van der Waals surface area contributed by atoms with Gasteiger partial charge < -0.3 is 19.7 Å². The van der Waals surface area contributed by atoms with Crippen LogP contribution in [0.2, 0.25) is 0 Å². The van der Waals surface area contributed by atoms with Crippen molar-refractivity contribution in [2.24, 2.45) is 11.8 Å². The Bertz CT molecular complexity index is 1100. The summed E-state index contributed by atoms with van der Waals surface area (Å²) >= 11 is 0. The Morgan fingerprint density at radius 3 is 2.29 bits per heavy atom. The van der Waals surface area contributed by atoms with Gasteiger partial charge in [0.25, 0.3) is 0 Å². The second-order valence-corrected chi connectivity index (χ2v) is 10.1. The van der Waals surface area contributed by atoms with Crippen molar-refractivity contribution in [3.63, 3.8) is 0 Å². The van der Waals surface area contributed by atoms with E-state index < -0.39 is 5.54 Å². The molecule has 0 saturated heterocycles. The minimum absolute atomic E-state index is 0.00555. The van der Waals surface area contributed by atoms with Crippen LogP contribution in [0.5, 0.6) is 11.5 Å². The van der Waals surface area contributed by atoms with Crippen LogP contribution in [0.25, 0.3) is 0 Å². The van der Waals surface area contributed by atoms with E-state index in [9.17, 15) is 9.59 Å². The number of nitrogens with one attached hydrogen (secondary N) is 1. The summed E-state index contributed by atoms with van der Waals surface area (Å²) in [5.74, 6) is 2.04. The number of hydrogen-bond acceptors (Lipinski definition) is 4. The molecular weight excluding hydrogens is 428 g/mol. The van der Waals surface area contributed by atoms with Crippen molar-refractivity contribution >= 4 is 17.5 Å². The van der Waals surface area contributed by atoms with E-state index in [0.29, 0.717) is 41.9 Å². The molecule has 180 valence electrons. The first-order chi connectivity index (χ1) is 16.4. The number of amides is 2. The van der Waals surface area contributed by atoms with Crippen LogP contribution in [0.1, 0.15) is 50.2 Å². The molecule has 0 aromatic heterocycles. The summed E-state index contributed by atoms with van der Waals surface area (Å²) < 4.78 is 10.8. The molecular formula is C28H34N2O4. The monoisotopic (exact) mass is 462 g/mol. The number of hydrogen-bond donors (Lipinski definition) is 1. The van der Waals surface area contributed by atoms with Crippen LogP contribution in [-0.4, -0.2) is 42.5 Å². The van der Waals surface area contributed by atoms with Gasteiger partial charge in [0.2, 0.25) is 11.8 Å². The molecule has 3 aliphatic rings. The minimum atomic E-state index is -0.842. The van der Waals surface area contributed by atoms with Crippen molar-refractivity contribution in [3.8, 4) is 11.5 Å². The molecule has 0 aliphatic heterocycles. The fourth-order valence-electron chi connectivity index (χ4n) is 6.31. The molecule has 0 radical (unpaired) electrons. The number of carbonyl (C=O) groups excluding carboxylic acids is 2. The third kappa shape index (κ3) is 4.04. The van der Waals surface area contributed by atoms with Crippen LogP contribution in [0, 0.1) is 11.8 Å². The summed E-state index contributed by atoms with van der Waals surface area (Å²) in [7, 11) is 3.18. The van der Waals surface area contributed by atoms with E-state index in [2.05, 4.69) is 29.6 Å². The highest BCUT2D eigenvalue weighted by Crippen LogP contribution is 2.49. The number of anilines is 1. The third-order valence-corrected chi connectivity index (χ3v) is 8.07. The summed E-state index contributed by atoms with van der Waals surface area (Å²) in [6.07, 6.45) is 6.31. The fraction of sp³-hybridized carbons (Fsp3) is 0.500. The molecule has 1 N–H and O–H groups in total. The Labute approximate surface area is 201 Å². The van der Waals surface area contributed by atoms with Crippen molar-refractivity contribution < 1.29 is 19.1 Å². The summed E-state index contributed by atoms with van der Waals surface area (Å²) in [6, 6.07) is 14.2. The van der Waals surface area contributed by atoms with Gasteiger partial charge in [-0.15, -0.1) is 0 Å². The van der Waals surface area contributed by atoms with E-state index in [-0.39, 0.29) is 17.9 Å². The van der Waals surface area contributed by atoms with E-state index in [4.69, 9.17) is 9.47 Å². The lowest BCUT2D eigenvalue weighted by Crippen LogP contribution is -2.62. The first kappa shape index (κ1) is 22.8. The predicted molar refractivity (Wildman–Crippen MR) is 131 cm³/mol. The molecule has 2 aromatic rings. The predicted octanol–water partition coefficient (Wildman–Crippen LogP) is 4.61. The molecule has 2 aromatic carbocycles. The first-order valence-corrected chi connectivity index (χ1v) is 12.4. The van der Waals surface area contributed by atoms with Gasteiger partial charge in [0.1, 0.15) is 17.0 Å². The number of ether oxygens (including phenoxy) is 2. The highest BCUT2D eigenvalue weighted by Gasteiger charge is 2.55. The Morgan fingerprint density at radius 2 is 1.68 bits per heavy atom. The van der Waals surface area contributed by atoms with Gasteiger partial charge >= 0.3 is 0 Å². The minimum Gasteiger partial charge on any atom is -0.497 e. The van der Waals surface area contributed by atoms with Crippen molar-refractivity contribution in [3.05, 3.63) is 53.6 Å². The maximum absolute atomic E-state index is 14.1. The molecule has 0 heterocycles. The zero-order chi connectivity index (χ0) is 23.9. The van der Waals surface area contributed by atoms with Gasteiger partial charge in [-0.2, -0.15) is 0 Å². The normalized spacial score (nSPS) is 25.5. The number of rotatable bonds is 6. The lowest BCUT2D eigenvalue weighted by Gasteiger charge is -2.51. The molecule has 5 rings (SSSR count). The molecule has 0 unspecified atom stereocenters. The van der Waals surface area contributed by atoms with Gasteiger partial charge in [-0.3, -0.25) is 9.59 Å². The SMILES string of the molecule is COc1ccc(NC(=O)[C@@]2(N(C(C)=O)C3CC3)CC[C@@H]3Cc4ccccc4C[C@H]3C2)c(OC)c1. The molecule has 3 atom stereocenters. The second kappa shape index (κ2) is 8.97. The van der Waals surface area contributed by atoms with Gasteiger partial charge in [0, 0.05) is 19.0 Å². The van der Waals surface area contributed by atoms with E-state index in [0.717, 1.165) is 32.1 Å². The molecule has 0 bridgehead atoms. The van der Waals surface area contributed by atoms with Gasteiger partial charge in [0.05, 0.1) is 19.9 Å². The molecule has 2 fully saturated rings. The Kier molecular flexibility index (Phi) is 6.00. The largest absolute Gasteiger partial charge is 0.497 e. The van der Waals surface area contributed by atoms with Crippen molar-refractivity contribution in [2.75, 3.05) is 19.5 Å². The second-order valence-electron chi connectivity index (χ2n) is 10.1. The van der Waals surface area contributed by atoms with E-state index >= 15 is 0 Å². The van der Waals surface area contributed by atoms with Crippen LogP contribution in [-0.2, 0) is 22.4 Å². The topological polar surface area (TPSA) is 67.9 Å². The number of carbonyl (C=O) groups is 2. The Morgan fingerprint density at radius 1 is 0.971 bits per heavy atom. The van der Waals surface area contributed by atoms with Gasteiger partial charge in [0.15, 0.2) is 0 Å². The smallest absolute Gasteiger partial charge is 0.250 e. The zero-order valence-corrected chi connectivity index (χ0v) is 20.3. The Hall–Kier alpha value is -3.02. The zero-order valence-electron chi connectivity index (χ0n) is 20.3. The number of benzene rings is 2. The summed E-state index contributed by atoms with van der Waals surface area (Å²) in [5.41, 5.74) is 2.58. The van der Waals surface area contributed by atoms with E-state index in [1.807, 2.05) is 11.0 Å². The Balaban J connectivity index is 1.48. The molecule has 0 spiro atoms. The lowest BCUT2D eigenvalue weighted by molar-refractivity contribution is -0.149. The molecule has 34 heavy (non-hydrogen) atoms. The third-order valence-electron chi connectivity index (χ3n) is 8.07. The fourth-order valence-corrected chi connectivity index (χ4v) is 6.31. The molecule has 3 aliphatic carbocycles. The van der Waals surface area contributed by atoms with Crippen molar-refractivity contribution in [2.45, 2.75) is 63.5 Å². The van der Waals surface area contributed by atoms with Gasteiger partial charge in [-0.1, -0.05) is 24.3 Å². The summed E-state index contributed by atoms with van der Waals surface area (Å²) in [5, 5.41) is 3.14. The maximum atomic E-state index is 14.1. The lowest BCUT2D eigenvalue weighted by atomic mass is 9.62. The maximum Gasteiger partial charge on any atom is 0.250 e. The summed E-state index contributed by atoms with van der Waals surface area (Å²) in [6.45, 7) is 1.61. The standard InChI is InChI=1S/C28H34N2O4/c1-18(31)30(23-8-9-23)28(27(32)29-25-11-10-24(33-2)16-26(25)34-3)13-12-21-14-19-6-4-5-7-20(19)15-22(21)17-28/h4-7,10-11,16,21-23H,8-9,12-15,17H2,1-3H3,(H,29,32)/t21-,22+,28-/m1/s1. The van der Waals surface area contributed by atoms with Crippen LogP contribution >= 0.6 is 0 Å². The van der Waals surface area contributed by atoms with Gasteiger partial charge in [-0.25, -0.2) is 0 Å². The first-order valence-electron chi connectivity index (χ1n) is 12.4. The van der Waals surface area contributed by atoms with Crippen LogP contribution in [0.15, 0.2) is 42.5 Å². The quantitative estimate of drug-likeness (QED) is 0.681. The van der Waals surface area contributed by atoms with Crippen molar-refractivity contribution in [1.82, 2.24) is 4.90 Å². The molecule has 2 saturated carbocycles. The highest BCUT2D eigenvalue weighted by molar-refractivity contribution is 6.01. The molecule has 2 amide bonds. The van der Waals surface area contributed by atoms with E-state index in [1.54, 1.807) is 33.3 Å². The number of fused-ring (bicyclic) bond motifs is 2. The van der Waals surface area contributed by atoms with Crippen molar-refractivity contribution in [1.29, 1.82) is 0 Å². The van der Waals surface area contributed by atoms with E-state index in [1.165, 1.54) is 11.1 Å². The number of nitrogens with zero attached hydrogens (tertiary/aromatic N) is 1. The molecule has 6 nitrogen and oxygen atoms in total. The molecule has 6 heteroatoms. The summed E-state index contributed by atoms with van der Waals surface area (Å²) in [4.78, 5) is 29.0. The van der Waals surface area contributed by atoms with Gasteiger partial charge in [-0.05, 0) is 80.0 Å².